The fourth-order valence-electron chi connectivity index (χ4n) is 1.51. The molecule has 0 bridgehead atoms. The van der Waals surface area contributed by atoms with E-state index in [4.69, 9.17) is 4.84 Å². The van der Waals surface area contributed by atoms with Crippen molar-refractivity contribution < 1.29 is 9.05 Å². The molecule has 0 N–H and O–H groups in total. The van der Waals surface area contributed by atoms with Gasteiger partial charge in [0.1, 0.15) is 7.11 Å². The summed E-state index contributed by atoms with van der Waals surface area (Å²) in [4.78, 5) is 8.93. The molecule has 6 heteroatoms. The van der Waals surface area contributed by atoms with Gasteiger partial charge in [-0.25, -0.2) is 4.21 Å². The number of hydrogen-bond donors (Lipinski definition) is 0. The van der Waals surface area contributed by atoms with Crippen molar-refractivity contribution >= 4 is 15.6 Å². The molecule has 0 amide bonds. The molecule has 0 aliphatic rings. The molecule has 0 saturated heterocycles. The Morgan fingerprint density at radius 2 is 2.21 bits per heavy atom. The van der Waals surface area contributed by atoms with Crippen molar-refractivity contribution in [2.75, 3.05) is 13.4 Å². The summed E-state index contributed by atoms with van der Waals surface area (Å²) in [5, 5.41) is 3.56. The lowest BCUT2D eigenvalue weighted by molar-refractivity contribution is 0.212. The molecule has 106 valence electrons. The molecular formula is C13H21N3O2S. The first-order chi connectivity index (χ1) is 8.90. The monoisotopic (exact) mass is 283 g/mol. The summed E-state index contributed by atoms with van der Waals surface area (Å²) in [6.45, 7) is 5.70. The van der Waals surface area contributed by atoms with Crippen LogP contribution >= 0.6 is 0 Å². The molecule has 0 saturated carbocycles. The first kappa shape index (κ1) is 15.6. The highest BCUT2D eigenvalue weighted by Gasteiger charge is 2.17. The first-order valence-electron chi connectivity index (χ1n) is 6.14. The second-order valence-corrected chi connectivity index (χ2v) is 6.98. The van der Waals surface area contributed by atoms with Crippen LogP contribution in [0.25, 0.3) is 0 Å². The molecule has 0 aliphatic heterocycles. The van der Waals surface area contributed by atoms with Crippen molar-refractivity contribution in [1.29, 1.82) is 0 Å². The molecule has 19 heavy (non-hydrogen) atoms. The smallest absolute Gasteiger partial charge is 0.177 e. The van der Waals surface area contributed by atoms with Crippen molar-refractivity contribution in [2.45, 2.75) is 32.4 Å². The Morgan fingerprint density at radius 3 is 2.68 bits per heavy atom. The number of pyridine rings is 1. The third-order valence-corrected chi connectivity index (χ3v) is 5.02. The van der Waals surface area contributed by atoms with Gasteiger partial charge in [-0.15, -0.1) is 0 Å². The lowest BCUT2D eigenvalue weighted by atomic mass is 10.2. The Bertz CT molecular complexity index is 558. The molecule has 0 fully saturated rings. The van der Waals surface area contributed by atoms with Crippen LogP contribution in [-0.4, -0.2) is 28.4 Å². The van der Waals surface area contributed by atoms with Gasteiger partial charge < -0.3 is 4.84 Å². The largest absolute Gasteiger partial charge is 0.398 e. The molecule has 1 rings (SSSR count). The number of aromatic nitrogens is 1. The summed E-state index contributed by atoms with van der Waals surface area (Å²) in [6, 6.07) is 3.84. The Kier molecular flexibility index (Phi) is 5.47. The van der Waals surface area contributed by atoms with Crippen LogP contribution in [-0.2, 0) is 14.6 Å². The van der Waals surface area contributed by atoms with Crippen LogP contribution in [0.1, 0.15) is 36.8 Å². The van der Waals surface area contributed by atoms with Crippen LogP contribution in [0.3, 0.4) is 0 Å². The van der Waals surface area contributed by atoms with Crippen LogP contribution in [0, 0.1) is 6.92 Å². The van der Waals surface area contributed by atoms with E-state index in [0.29, 0.717) is 12.3 Å². The maximum atomic E-state index is 12.7. The highest BCUT2D eigenvalue weighted by Crippen LogP contribution is 2.22. The quantitative estimate of drug-likeness (QED) is 0.485. The minimum absolute atomic E-state index is 0.214. The number of aryl methyl sites for hydroxylation is 1. The molecule has 2 unspecified atom stereocenters. The highest BCUT2D eigenvalue weighted by atomic mass is 32.2. The van der Waals surface area contributed by atoms with Crippen LogP contribution in [0.5, 0.6) is 0 Å². The van der Waals surface area contributed by atoms with E-state index in [1.165, 1.54) is 7.11 Å². The molecule has 0 aromatic carbocycles. The zero-order valence-electron chi connectivity index (χ0n) is 12.1. The van der Waals surface area contributed by atoms with E-state index in [1.54, 1.807) is 12.5 Å². The van der Waals surface area contributed by atoms with Crippen LogP contribution in [0.15, 0.2) is 27.8 Å². The zero-order valence-corrected chi connectivity index (χ0v) is 12.9. The third-order valence-electron chi connectivity index (χ3n) is 2.86. The maximum Gasteiger partial charge on any atom is 0.177 e. The summed E-state index contributed by atoms with van der Waals surface area (Å²) in [5.41, 5.74) is 1.85. The van der Waals surface area contributed by atoms with Crippen LogP contribution in [0.2, 0.25) is 0 Å². The topological polar surface area (TPSA) is 63.9 Å². The lowest BCUT2D eigenvalue weighted by Gasteiger charge is -2.14. The fourth-order valence-corrected chi connectivity index (χ4v) is 2.90. The second-order valence-electron chi connectivity index (χ2n) is 4.37. The number of oxime groups is 1. The second kappa shape index (κ2) is 6.65. The molecule has 0 aliphatic carbocycles. The van der Waals surface area contributed by atoms with E-state index in [-0.39, 0.29) is 5.25 Å². The Balaban J connectivity index is 3.12. The van der Waals surface area contributed by atoms with Gasteiger partial charge in [-0.2, -0.15) is 4.36 Å². The zero-order chi connectivity index (χ0) is 14.5. The molecule has 1 heterocycles. The van der Waals surface area contributed by atoms with Crippen molar-refractivity contribution in [3.8, 4) is 0 Å². The van der Waals surface area contributed by atoms with Gasteiger partial charge in [-0.05, 0) is 25.5 Å². The predicted molar refractivity (Wildman–Crippen MR) is 78.6 cm³/mol. The average Bonchev–Trinajstić information content (AvgIpc) is 2.38. The standard InChI is InChI=1S/C13H21N3O2S/c1-6-13(15-18-4)16-19(5,17)11(3)12-8-7-10(2)14-9-12/h7-9,11H,6H2,1-5H3/b15-13-. The van der Waals surface area contributed by atoms with Gasteiger partial charge in [0, 0.05) is 24.6 Å². The van der Waals surface area contributed by atoms with Crippen molar-refractivity contribution in [2.24, 2.45) is 9.52 Å². The van der Waals surface area contributed by atoms with Gasteiger partial charge in [-0.1, -0.05) is 18.1 Å². The molecule has 5 nitrogen and oxygen atoms in total. The van der Waals surface area contributed by atoms with Crippen molar-refractivity contribution in [3.63, 3.8) is 0 Å². The van der Waals surface area contributed by atoms with Gasteiger partial charge in [0.25, 0.3) is 0 Å². The van der Waals surface area contributed by atoms with E-state index in [0.717, 1.165) is 11.3 Å². The van der Waals surface area contributed by atoms with Gasteiger partial charge in [-0.3, -0.25) is 4.98 Å². The SMILES string of the molecule is CC/C(N=S(C)(=O)C(C)c1ccc(C)nc1)=N/OC. The number of rotatable bonds is 4. The predicted octanol–water partition coefficient (Wildman–Crippen LogP) is 2.92. The minimum atomic E-state index is -2.44. The van der Waals surface area contributed by atoms with Crippen molar-refractivity contribution in [3.05, 3.63) is 29.6 Å². The van der Waals surface area contributed by atoms with E-state index >= 15 is 0 Å². The first-order valence-corrected chi connectivity index (χ1v) is 8.13. The molecule has 0 spiro atoms. The third kappa shape index (κ3) is 4.31. The molecule has 1 aromatic heterocycles. The molecule has 1 aromatic rings. The van der Waals surface area contributed by atoms with E-state index < -0.39 is 9.73 Å². The van der Waals surface area contributed by atoms with Gasteiger partial charge in [0.15, 0.2) is 5.84 Å². The average molecular weight is 283 g/mol. The van der Waals surface area contributed by atoms with E-state index in [2.05, 4.69) is 14.5 Å². The van der Waals surface area contributed by atoms with E-state index in [9.17, 15) is 4.21 Å². The Morgan fingerprint density at radius 1 is 1.53 bits per heavy atom. The van der Waals surface area contributed by atoms with Gasteiger partial charge in [0.05, 0.1) is 15.0 Å². The minimum Gasteiger partial charge on any atom is -0.398 e. The summed E-state index contributed by atoms with van der Waals surface area (Å²) >= 11 is 0. The number of nitrogens with zero attached hydrogens (tertiary/aromatic N) is 3. The number of amidine groups is 1. The van der Waals surface area contributed by atoms with Crippen LogP contribution < -0.4 is 0 Å². The highest BCUT2D eigenvalue weighted by molar-refractivity contribution is 7.93. The lowest BCUT2D eigenvalue weighted by Crippen LogP contribution is -2.11. The molecule has 0 radical (unpaired) electrons. The van der Waals surface area contributed by atoms with E-state index in [1.807, 2.05) is 32.9 Å². The summed E-state index contributed by atoms with van der Waals surface area (Å²) < 4.78 is 16.9. The molecule has 2 atom stereocenters. The summed E-state index contributed by atoms with van der Waals surface area (Å²) in [7, 11) is -0.981. The summed E-state index contributed by atoms with van der Waals surface area (Å²) in [5.74, 6) is 0.460. The van der Waals surface area contributed by atoms with Gasteiger partial charge in [0.2, 0.25) is 0 Å². The fraction of sp³-hybridized carbons (Fsp3) is 0.538. The Labute approximate surface area is 115 Å². The van der Waals surface area contributed by atoms with Crippen molar-refractivity contribution in [1.82, 2.24) is 4.98 Å². The normalized spacial score (nSPS) is 16.6. The van der Waals surface area contributed by atoms with Gasteiger partial charge >= 0.3 is 0 Å². The molecular weight excluding hydrogens is 262 g/mol. The maximum absolute atomic E-state index is 12.7. The number of hydrogen-bond acceptors (Lipinski definition) is 4. The summed E-state index contributed by atoms with van der Waals surface area (Å²) in [6.07, 6.45) is 3.97. The van der Waals surface area contributed by atoms with Crippen LogP contribution in [0.4, 0.5) is 0 Å². The Hall–Kier alpha value is -1.43.